The first-order valence-corrected chi connectivity index (χ1v) is 7.16. The lowest BCUT2D eigenvalue weighted by Gasteiger charge is -1.97. The molecule has 1 N–H and O–H groups in total. The number of benzene rings is 1. The molecule has 0 spiro atoms. The molecule has 2 heteroatoms. The normalized spacial score (nSPS) is 11.3. The molecule has 0 bridgehead atoms. The molecule has 0 fully saturated rings. The molecule has 0 radical (unpaired) electrons. The van der Waals surface area contributed by atoms with Crippen molar-refractivity contribution in [3.8, 4) is 0 Å². The van der Waals surface area contributed by atoms with E-state index in [1.165, 1.54) is 48.7 Å². The summed E-state index contributed by atoms with van der Waals surface area (Å²) in [4.78, 5) is 8.12. The molecule has 0 amide bonds. The van der Waals surface area contributed by atoms with Crippen LogP contribution in [0.3, 0.4) is 0 Å². The SMILES string of the molecule is CCCCCCCc1nc2cc(C)c(C)cc2[nH]1. The molecule has 1 aromatic heterocycles. The van der Waals surface area contributed by atoms with Crippen LogP contribution in [-0.4, -0.2) is 9.97 Å². The number of hydrogen-bond acceptors (Lipinski definition) is 1. The summed E-state index contributed by atoms with van der Waals surface area (Å²) in [6.07, 6.45) is 7.67. The van der Waals surface area contributed by atoms with Crippen molar-refractivity contribution >= 4 is 11.0 Å². The molecule has 0 aliphatic carbocycles. The molecule has 18 heavy (non-hydrogen) atoms. The summed E-state index contributed by atoms with van der Waals surface area (Å²) in [6, 6.07) is 4.39. The third-order valence-corrected chi connectivity index (χ3v) is 3.66. The van der Waals surface area contributed by atoms with Gasteiger partial charge in [0.2, 0.25) is 0 Å². The van der Waals surface area contributed by atoms with E-state index < -0.39 is 0 Å². The number of unbranched alkanes of at least 4 members (excludes halogenated alkanes) is 4. The first-order valence-electron chi connectivity index (χ1n) is 7.16. The van der Waals surface area contributed by atoms with Crippen molar-refractivity contribution in [2.75, 3.05) is 0 Å². The second-order valence-corrected chi connectivity index (χ2v) is 5.30. The van der Waals surface area contributed by atoms with Crippen LogP contribution < -0.4 is 0 Å². The number of imidazole rings is 1. The molecule has 0 aliphatic heterocycles. The van der Waals surface area contributed by atoms with Crippen LogP contribution in [0.25, 0.3) is 11.0 Å². The first-order chi connectivity index (χ1) is 8.70. The number of aromatic nitrogens is 2. The summed E-state index contributed by atoms with van der Waals surface area (Å²) in [6.45, 7) is 6.55. The van der Waals surface area contributed by atoms with Crippen molar-refractivity contribution in [2.24, 2.45) is 0 Å². The second kappa shape index (κ2) is 6.03. The molecule has 98 valence electrons. The van der Waals surface area contributed by atoms with Crippen LogP contribution in [0.4, 0.5) is 0 Å². The number of hydrogen-bond donors (Lipinski definition) is 1. The number of nitrogens with zero attached hydrogens (tertiary/aromatic N) is 1. The number of aromatic amines is 1. The van der Waals surface area contributed by atoms with Gasteiger partial charge in [0.25, 0.3) is 0 Å². The fraction of sp³-hybridized carbons (Fsp3) is 0.562. The molecule has 0 saturated carbocycles. The van der Waals surface area contributed by atoms with Crippen LogP contribution in [0.1, 0.15) is 56.0 Å². The van der Waals surface area contributed by atoms with E-state index >= 15 is 0 Å². The van der Waals surface area contributed by atoms with E-state index in [4.69, 9.17) is 0 Å². The average Bonchev–Trinajstić information content (AvgIpc) is 2.71. The Morgan fingerprint density at radius 3 is 2.50 bits per heavy atom. The van der Waals surface area contributed by atoms with E-state index in [-0.39, 0.29) is 0 Å². The maximum Gasteiger partial charge on any atom is 0.107 e. The Hall–Kier alpha value is -1.31. The molecule has 1 aromatic carbocycles. The lowest BCUT2D eigenvalue weighted by atomic mass is 10.1. The number of nitrogens with one attached hydrogen (secondary N) is 1. The highest BCUT2D eigenvalue weighted by Gasteiger charge is 2.04. The monoisotopic (exact) mass is 244 g/mol. The van der Waals surface area contributed by atoms with Crippen LogP contribution in [0.5, 0.6) is 0 Å². The summed E-state index contributed by atoms with van der Waals surface area (Å²) in [5.41, 5.74) is 4.95. The molecule has 2 rings (SSSR count). The molecule has 0 aliphatic rings. The van der Waals surface area contributed by atoms with Gasteiger partial charge in [-0.1, -0.05) is 32.6 Å². The van der Waals surface area contributed by atoms with Crippen LogP contribution >= 0.6 is 0 Å². The maximum atomic E-state index is 4.68. The van der Waals surface area contributed by atoms with Crippen molar-refractivity contribution in [1.82, 2.24) is 9.97 Å². The zero-order valence-electron chi connectivity index (χ0n) is 11.8. The minimum Gasteiger partial charge on any atom is -0.342 e. The number of aryl methyl sites for hydroxylation is 3. The van der Waals surface area contributed by atoms with E-state index in [1.54, 1.807) is 0 Å². The molecule has 2 nitrogen and oxygen atoms in total. The summed E-state index contributed by atoms with van der Waals surface area (Å²) >= 11 is 0. The minimum absolute atomic E-state index is 1.08. The zero-order chi connectivity index (χ0) is 13.0. The van der Waals surface area contributed by atoms with Crippen molar-refractivity contribution in [1.29, 1.82) is 0 Å². The van der Waals surface area contributed by atoms with Crippen LogP contribution in [0.2, 0.25) is 0 Å². The van der Waals surface area contributed by atoms with Gasteiger partial charge >= 0.3 is 0 Å². The molecule has 2 aromatic rings. The van der Waals surface area contributed by atoms with Crippen molar-refractivity contribution in [2.45, 2.75) is 59.3 Å². The lowest BCUT2D eigenvalue weighted by Crippen LogP contribution is -1.88. The molecule has 0 atom stereocenters. The molecule has 1 heterocycles. The average molecular weight is 244 g/mol. The Kier molecular flexibility index (Phi) is 4.40. The predicted octanol–water partition coefficient (Wildman–Crippen LogP) is 4.69. The third-order valence-electron chi connectivity index (χ3n) is 3.66. The summed E-state index contributed by atoms with van der Waals surface area (Å²) < 4.78 is 0. The van der Waals surface area contributed by atoms with Crippen molar-refractivity contribution in [3.05, 3.63) is 29.1 Å². The Morgan fingerprint density at radius 2 is 1.72 bits per heavy atom. The van der Waals surface area contributed by atoms with Gasteiger partial charge in [-0.05, 0) is 43.5 Å². The Labute approximate surface area is 110 Å². The van der Waals surface area contributed by atoms with Gasteiger partial charge in [-0.15, -0.1) is 0 Å². The van der Waals surface area contributed by atoms with Crippen molar-refractivity contribution in [3.63, 3.8) is 0 Å². The van der Waals surface area contributed by atoms with Gasteiger partial charge in [0, 0.05) is 6.42 Å². The van der Waals surface area contributed by atoms with Crippen molar-refractivity contribution < 1.29 is 0 Å². The lowest BCUT2D eigenvalue weighted by molar-refractivity contribution is 0.625. The van der Waals surface area contributed by atoms with E-state index in [2.05, 4.69) is 42.9 Å². The maximum absolute atomic E-state index is 4.68. The Bertz CT molecular complexity index is 472. The third kappa shape index (κ3) is 3.12. The van der Waals surface area contributed by atoms with Gasteiger partial charge < -0.3 is 4.98 Å². The van der Waals surface area contributed by atoms with E-state index in [9.17, 15) is 0 Å². The smallest absolute Gasteiger partial charge is 0.107 e. The zero-order valence-corrected chi connectivity index (χ0v) is 11.8. The summed E-state index contributed by atoms with van der Waals surface area (Å²) in [5, 5.41) is 0. The largest absolute Gasteiger partial charge is 0.342 e. The highest BCUT2D eigenvalue weighted by Crippen LogP contribution is 2.18. The highest BCUT2D eigenvalue weighted by atomic mass is 14.9. The van der Waals surface area contributed by atoms with Crippen LogP contribution in [0.15, 0.2) is 12.1 Å². The minimum atomic E-state index is 1.08. The van der Waals surface area contributed by atoms with Crippen LogP contribution in [0, 0.1) is 13.8 Å². The fourth-order valence-electron chi connectivity index (χ4n) is 2.34. The first kappa shape index (κ1) is 13.1. The molecule has 0 unspecified atom stereocenters. The van der Waals surface area contributed by atoms with Gasteiger partial charge in [0.1, 0.15) is 5.82 Å². The highest BCUT2D eigenvalue weighted by molar-refractivity contribution is 5.77. The second-order valence-electron chi connectivity index (χ2n) is 5.30. The fourth-order valence-corrected chi connectivity index (χ4v) is 2.34. The quantitative estimate of drug-likeness (QED) is 0.733. The van der Waals surface area contributed by atoms with Gasteiger partial charge in [0.15, 0.2) is 0 Å². The van der Waals surface area contributed by atoms with Crippen LogP contribution in [-0.2, 0) is 6.42 Å². The van der Waals surface area contributed by atoms with E-state index in [0.717, 1.165) is 17.8 Å². The Morgan fingerprint density at radius 1 is 1.00 bits per heavy atom. The van der Waals surface area contributed by atoms with Gasteiger partial charge in [-0.3, -0.25) is 0 Å². The summed E-state index contributed by atoms with van der Waals surface area (Å²) in [5.74, 6) is 1.14. The summed E-state index contributed by atoms with van der Waals surface area (Å²) in [7, 11) is 0. The molecular formula is C16H24N2. The topological polar surface area (TPSA) is 28.7 Å². The Balaban J connectivity index is 1.97. The molecular weight excluding hydrogens is 220 g/mol. The number of H-pyrrole nitrogens is 1. The number of fused-ring (bicyclic) bond motifs is 1. The van der Waals surface area contributed by atoms with E-state index in [1.807, 2.05) is 0 Å². The molecule has 0 saturated heterocycles. The van der Waals surface area contributed by atoms with Gasteiger partial charge in [-0.25, -0.2) is 4.98 Å². The number of rotatable bonds is 6. The standard InChI is InChI=1S/C16H24N2/c1-4-5-6-7-8-9-16-17-14-10-12(2)13(3)11-15(14)18-16/h10-11H,4-9H2,1-3H3,(H,17,18). The van der Waals surface area contributed by atoms with E-state index in [0.29, 0.717) is 0 Å². The van der Waals surface area contributed by atoms with Gasteiger partial charge in [0.05, 0.1) is 11.0 Å². The van der Waals surface area contributed by atoms with Gasteiger partial charge in [-0.2, -0.15) is 0 Å². The predicted molar refractivity (Wildman–Crippen MR) is 78.0 cm³/mol.